The summed E-state index contributed by atoms with van der Waals surface area (Å²) in [5.74, 6) is -0.185. The number of hydrogen-bond acceptors (Lipinski definition) is 2. The first-order valence-corrected chi connectivity index (χ1v) is 10.0. The Bertz CT molecular complexity index is 811. The molecule has 0 spiro atoms. The van der Waals surface area contributed by atoms with Crippen molar-refractivity contribution in [3.8, 4) is 0 Å². The van der Waals surface area contributed by atoms with Gasteiger partial charge in [0.15, 0.2) is 5.11 Å². The standard InChI is InChI=1S/C22H27N3OS/c1-16-6-11-20(17(2)14-16)21(26)24-22(27)23-19-9-7-18(8-10-19)15-25-12-4-3-5-13-25/h6-11,14H,3-5,12-13,15H2,1-2H3,(H2,23,24,26,27)/p+1. The van der Waals surface area contributed by atoms with Crippen LogP contribution in [-0.4, -0.2) is 24.1 Å². The molecule has 1 aliphatic rings. The SMILES string of the molecule is Cc1ccc(C(=O)NC(=S)Nc2ccc(C[NH+]3CCCCC3)cc2)c(C)c1. The molecule has 1 heterocycles. The Balaban J connectivity index is 1.53. The predicted molar refractivity (Wildman–Crippen MR) is 114 cm³/mol. The van der Waals surface area contributed by atoms with Crippen LogP contribution in [0.15, 0.2) is 42.5 Å². The van der Waals surface area contributed by atoms with Gasteiger partial charge in [-0.2, -0.15) is 0 Å². The summed E-state index contributed by atoms with van der Waals surface area (Å²) in [6, 6.07) is 14.1. The summed E-state index contributed by atoms with van der Waals surface area (Å²) < 4.78 is 0. The fourth-order valence-corrected chi connectivity index (χ4v) is 3.83. The zero-order valence-electron chi connectivity index (χ0n) is 16.1. The Kier molecular flexibility index (Phi) is 6.58. The second-order valence-corrected chi connectivity index (χ2v) is 7.82. The van der Waals surface area contributed by atoms with Crippen molar-refractivity contribution >= 4 is 28.9 Å². The average molecular weight is 383 g/mol. The molecule has 1 fully saturated rings. The minimum absolute atomic E-state index is 0.185. The third kappa shape index (κ3) is 5.62. The van der Waals surface area contributed by atoms with Crippen molar-refractivity contribution in [3.05, 3.63) is 64.7 Å². The third-order valence-corrected chi connectivity index (χ3v) is 5.28. The highest BCUT2D eigenvalue weighted by atomic mass is 32.1. The van der Waals surface area contributed by atoms with Crippen LogP contribution >= 0.6 is 12.2 Å². The van der Waals surface area contributed by atoms with Gasteiger partial charge in [-0.25, -0.2) is 0 Å². The summed E-state index contributed by atoms with van der Waals surface area (Å²) in [6.07, 6.45) is 4.05. The molecule has 1 aliphatic heterocycles. The number of aryl methyl sites for hydroxylation is 2. The number of rotatable bonds is 4. The van der Waals surface area contributed by atoms with Crippen LogP contribution in [0.1, 0.15) is 46.3 Å². The van der Waals surface area contributed by atoms with E-state index in [0.717, 1.165) is 23.4 Å². The summed E-state index contributed by atoms with van der Waals surface area (Å²) in [5.41, 5.74) is 4.95. The van der Waals surface area contributed by atoms with E-state index in [9.17, 15) is 4.79 Å². The number of piperidine rings is 1. The predicted octanol–water partition coefficient (Wildman–Crippen LogP) is 3.00. The van der Waals surface area contributed by atoms with Crippen LogP contribution < -0.4 is 15.5 Å². The molecule has 27 heavy (non-hydrogen) atoms. The van der Waals surface area contributed by atoms with Gasteiger partial charge in [-0.05, 0) is 69.1 Å². The van der Waals surface area contributed by atoms with E-state index in [4.69, 9.17) is 12.2 Å². The van der Waals surface area contributed by atoms with Crippen LogP contribution in [0, 0.1) is 13.8 Å². The van der Waals surface area contributed by atoms with Crippen LogP contribution in [0.4, 0.5) is 5.69 Å². The normalized spacial score (nSPS) is 14.6. The molecule has 2 aromatic carbocycles. The number of quaternary nitrogens is 1. The second-order valence-electron chi connectivity index (χ2n) is 7.41. The number of benzene rings is 2. The van der Waals surface area contributed by atoms with Crippen molar-refractivity contribution in [2.24, 2.45) is 0 Å². The molecular formula is C22H28N3OS+. The van der Waals surface area contributed by atoms with Crippen LogP contribution in [0.5, 0.6) is 0 Å². The van der Waals surface area contributed by atoms with Crippen molar-refractivity contribution in [2.45, 2.75) is 39.7 Å². The highest BCUT2D eigenvalue weighted by Gasteiger charge is 2.14. The van der Waals surface area contributed by atoms with Gasteiger partial charge >= 0.3 is 0 Å². The maximum absolute atomic E-state index is 12.4. The number of nitrogens with one attached hydrogen (secondary N) is 3. The monoisotopic (exact) mass is 382 g/mol. The molecule has 1 amide bonds. The average Bonchev–Trinajstić information content (AvgIpc) is 2.64. The van der Waals surface area contributed by atoms with E-state index < -0.39 is 0 Å². The van der Waals surface area contributed by atoms with Gasteiger partial charge in [0.05, 0.1) is 13.1 Å². The highest BCUT2D eigenvalue weighted by Crippen LogP contribution is 2.12. The summed E-state index contributed by atoms with van der Waals surface area (Å²) in [5, 5.41) is 6.17. The topological polar surface area (TPSA) is 45.6 Å². The Morgan fingerprint density at radius 2 is 1.74 bits per heavy atom. The first kappa shape index (κ1) is 19.5. The van der Waals surface area contributed by atoms with E-state index >= 15 is 0 Å². The van der Waals surface area contributed by atoms with E-state index in [-0.39, 0.29) is 5.91 Å². The van der Waals surface area contributed by atoms with Crippen LogP contribution in [0.3, 0.4) is 0 Å². The van der Waals surface area contributed by atoms with Gasteiger partial charge in [0.25, 0.3) is 5.91 Å². The molecule has 0 saturated carbocycles. The third-order valence-electron chi connectivity index (χ3n) is 5.08. The van der Waals surface area contributed by atoms with Crippen LogP contribution in [-0.2, 0) is 6.54 Å². The Morgan fingerprint density at radius 1 is 1.04 bits per heavy atom. The molecule has 0 unspecified atom stereocenters. The molecular weight excluding hydrogens is 354 g/mol. The van der Waals surface area contributed by atoms with Gasteiger partial charge in [-0.15, -0.1) is 0 Å². The molecule has 4 nitrogen and oxygen atoms in total. The quantitative estimate of drug-likeness (QED) is 0.713. The van der Waals surface area contributed by atoms with E-state index in [1.54, 1.807) is 4.90 Å². The van der Waals surface area contributed by atoms with E-state index in [1.807, 2.05) is 44.2 Å². The molecule has 2 aromatic rings. The molecule has 142 valence electrons. The first-order chi connectivity index (χ1) is 13.0. The van der Waals surface area contributed by atoms with Crippen LogP contribution in [0.2, 0.25) is 0 Å². The largest absolute Gasteiger partial charge is 0.332 e. The molecule has 3 N–H and O–H groups in total. The number of amides is 1. The lowest BCUT2D eigenvalue weighted by atomic mass is 10.1. The van der Waals surface area contributed by atoms with Crippen molar-refractivity contribution in [2.75, 3.05) is 18.4 Å². The number of carbonyl (C=O) groups is 1. The number of carbonyl (C=O) groups excluding carboxylic acids is 1. The molecule has 0 bridgehead atoms. The van der Waals surface area contributed by atoms with Crippen molar-refractivity contribution in [1.82, 2.24) is 5.32 Å². The van der Waals surface area contributed by atoms with Crippen molar-refractivity contribution in [3.63, 3.8) is 0 Å². The highest BCUT2D eigenvalue weighted by molar-refractivity contribution is 7.80. The minimum Gasteiger partial charge on any atom is -0.332 e. The summed E-state index contributed by atoms with van der Waals surface area (Å²) in [4.78, 5) is 14.1. The van der Waals surface area contributed by atoms with E-state index in [2.05, 4.69) is 22.8 Å². The van der Waals surface area contributed by atoms with E-state index in [0.29, 0.717) is 10.7 Å². The maximum Gasteiger partial charge on any atom is 0.257 e. The fraction of sp³-hybridized carbons (Fsp3) is 0.364. The van der Waals surface area contributed by atoms with Gasteiger partial charge in [-0.1, -0.05) is 29.8 Å². The summed E-state index contributed by atoms with van der Waals surface area (Å²) >= 11 is 5.30. The minimum atomic E-state index is -0.185. The first-order valence-electron chi connectivity index (χ1n) is 9.63. The Hall–Kier alpha value is -2.24. The van der Waals surface area contributed by atoms with Gasteiger partial charge in [0, 0.05) is 16.8 Å². The van der Waals surface area contributed by atoms with Gasteiger partial charge in [-0.3, -0.25) is 10.1 Å². The van der Waals surface area contributed by atoms with Crippen LogP contribution in [0.25, 0.3) is 0 Å². The fourth-order valence-electron chi connectivity index (χ4n) is 3.62. The Labute approximate surface area is 167 Å². The smallest absolute Gasteiger partial charge is 0.257 e. The lowest BCUT2D eigenvalue weighted by molar-refractivity contribution is -0.918. The van der Waals surface area contributed by atoms with Crippen molar-refractivity contribution < 1.29 is 9.69 Å². The van der Waals surface area contributed by atoms with E-state index in [1.165, 1.54) is 37.9 Å². The molecule has 5 heteroatoms. The molecule has 3 rings (SSSR count). The molecule has 1 saturated heterocycles. The zero-order valence-corrected chi connectivity index (χ0v) is 16.9. The molecule has 0 aliphatic carbocycles. The lowest BCUT2D eigenvalue weighted by Crippen LogP contribution is -3.11. The number of anilines is 1. The zero-order chi connectivity index (χ0) is 19.2. The van der Waals surface area contributed by atoms with Gasteiger partial charge < -0.3 is 10.2 Å². The summed E-state index contributed by atoms with van der Waals surface area (Å²) in [7, 11) is 0. The number of likely N-dealkylation sites (tertiary alicyclic amines) is 1. The Morgan fingerprint density at radius 3 is 2.41 bits per heavy atom. The number of hydrogen-bond donors (Lipinski definition) is 3. The summed E-state index contributed by atoms with van der Waals surface area (Å²) in [6.45, 7) is 7.57. The second kappa shape index (κ2) is 9.11. The van der Waals surface area contributed by atoms with Crippen molar-refractivity contribution in [1.29, 1.82) is 0 Å². The maximum atomic E-state index is 12.4. The van der Waals surface area contributed by atoms with Gasteiger partial charge in [0.1, 0.15) is 6.54 Å². The molecule has 0 radical (unpaired) electrons. The lowest BCUT2D eigenvalue weighted by Gasteiger charge is -2.23. The molecule has 0 atom stereocenters. The number of thiocarbonyl (C=S) groups is 1. The van der Waals surface area contributed by atoms with Gasteiger partial charge in [0.2, 0.25) is 0 Å². The molecule has 0 aromatic heterocycles.